The Morgan fingerprint density at radius 1 is 1.15 bits per heavy atom. The molecule has 0 saturated heterocycles. The molecule has 0 fully saturated rings. The van der Waals surface area contributed by atoms with Crippen LogP contribution in [0.4, 0.5) is 0 Å². The lowest BCUT2D eigenvalue weighted by Crippen LogP contribution is -1.94. The first-order valence-electron chi connectivity index (χ1n) is 6.32. The molecule has 0 aliphatic carbocycles. The maximum absolute atomic E-state index is 4.62. The van der Waals surface area contributed by atoms with Crippen molar-refractivity contribution in [1.29, 1.82) is 0 Å². The lowest BCUT2D eigenvalue weighted by molar-refractivity contribution is 0.783. The first-order chi connectivity index (χ1) is 9.72. The van der Waals surface area contributed by atoms with Crippen molar-refractivity contribution in [2.45, 2.75) is 6.92 Å². The standard InChI is InChI=1S/C14H12N6/c1-9-4-3-5-10(6-9)12-17-14-11-7-16-19(2)13(11)15-8-20(14)18-12/h3-8H,1-2H3. The third kappa shape index (κ3) is 1.51. The highest BCUT2D eigenvalue weighted by molar-refractivity contribution is 5.88. The molecule has 20 heavy (non-hydrogen) atoms. The Bertz CT molecular complexity index is 933. The molecule has 4 rings (SSSR count). The predicted octanol–water partition coefficient (Wildman–Crippen LogP) is 1.99. The SMILES string of the molecule is Cc1cccc(-c2nc3c4cnn(C)c4ncn3n2)c1. The van der Waals surface area contributed by atoms with Crippen LogP contribution in [0.5, 0.6) is 0 Å². The van der Waals surface area contributed by atoms with E-state index in [4.69, 9.17) is 0 Å². The summed E-state index contributed by atoms with van der Waals surface area (Å²) in [5.74, 6) is 0.701. The van der Waals surface area contributed by atoms with Gasteiger partial charge in [-0.05, 0) is 13.0 Å². The maximum Gasteiger partial charge on any atom is 0.182 e. The van der Waals surface area contributed by atoms with Crippen LogP contribution in [-0.4, -0.2) is 29.4 Å². The van der Waals surface area contributed by atoms with E-state index in [0.717, 1.165) is 22.2 Å². The lowest BCUT2D eigenvalue weighted by Gasteiger charge is -1.95. The van der Waals surface area contributed by atoms with Gasteiger partial charge < -0.3 is 0 Å². The average Bonchev–Trinajstić information content (AvgIpc) is 3.02. The van der Waals surface area contributed by atoms with Gasteiger partial charge in [0.05, 0.1) is 11.6 Å². The predicted molar refractivity (Wildman–Crippen MR) is 75.2 cm³/mol. The third-order valence-electron chi connectivity index (χ3n) is 3.35. The minimum Gasteiger partial charge on any atom is -0.250 e. The molecule has 1 aromatic carbocycles. The monoisotopic (exact) mass is 264 g/mol. The van der Waals surface area contributed by atoms with Crippen molar-refractivity contribution in [2.24, 2.45) is 7.05 Å². The van der Waals surface area contributed by atoms with Gasteiger partial charge in [0.25, 0.3) is 0 Å². The summed E-state index contributed by atoms with van der Waals surface area (Å²) in [6, 6.07) is 8.15. The minimum atomic E-state index is 0.701. The van der Waals surface area contributed by atoms with Crippen LogP contribution in [0.1, 0.15) is 5.56 Å². The van der Waals surface area contributed by atoms with Crippen LogP contribution in [0, 0.1) is 6.92 Å². The van der Waals surface area contributed by atoms with Gasteiger partial charge in [0.2, 0.25) is 0 Å². The van der Waals surface area contributed by atoms with Gasteiger partial charge in [-0.1, -0.05) is 23.8 Å². The highest BCUT2D eigenvalue weighted by Gasteiger charge is 2.12. The Hall–Kier alpha value is -2.76. The second-order valence-corrected chi connectivity index (χ2v) is 4.82. The van der Waals surface area contributed by atoms with E-state index in [2.05, 4.69) is 39.2 Å². The summed E-state index contributed by atoms with van der Waals surface area (Å²) in [7, 11) is 1.86. The van der Waals surface area contributed by atoms with Crippen LogP contribution in [0.3, 0.4) is 0 Å². The molecule has 6 nitrogen and oxygen atoms in total. The van der Waals surface area contributed by atoms with Gasteiger partial charge in [0, 0.05) is 12.6 Å². The van der Waals surface area contributed by atoms with E-state index in [-0.39, 0.29) is 0 Å². The summed E-state index contributed by atoms with van der Waals surface area (Å²) >= 11 is 0. The van der Waals surface area contributed by atoms with E-state index in [0.29, 0.717) is 5.82 Å². The zero-order chi connectivity index (χ0) is 13.7. The van der Waals surface area contributed by atoms with Gasteiger partial charge in [-0.15, -0.1) is 5.10 Å². The summed E-state index contributed by atoms with van der Waals surface area (Å²) in [5.41, 5.74) is 3.78. The summed E-state index contributed by atoms with van der Waals surface area (Å²) in [6.07, 6.45) is 3.44. The van der Waals surface area contributed by atoms with Crippen molar-refractivity contribution in [3.05, 3.63) is 42.4 Å². The van der Waals surface area contributed by atoms with Gasteiger partial charge in [0.1, 0.15) is 6.33 Å². The molecular formula is C14H12N6. The molecule has 3 aromatic heterocycles. The van der Waals surface area contributed by atoms with Gasteiger partial charge in [-0.25, -0.2) is 14.5 Å². The first kappa shape index (κ1) is 11.1. The van der Waals surface area contributed by atoms with Crippen molar-refractivity contribution < 1.29 is 0 Å². The minimum absolute atomic E-state index is 0.701. The van der Waals surface area contributed by atoms with Crippen LogP contribution in [-0.2, 0) is 7.05 Å². The van der Waals surface area contributed by atoms with Crippen molar-refractivity contribution in [1.82, 2.24) is 29.4 Å². The molecule has 0 unspecified atom stereocenters. The molecule has 4 aromatic rings. The molecule has 0 radical (unpaired) electrons. The van der Waals surface area contributed by atoms with Crippen LogP contribution in [0.15, 0.2) is 36.8 Å². The molecule has 0 aliphatic rings. The maximum atomic E-state index is 4.62. The molecule has 3 heterocycles. The Kier molecular flexibility index (Phi) is 2.14. The Labute approximate surface area is 114 Å². The molecule has 0 saturated carbocycles. The van der Waals surface area contributed by atoms with Crippen LogP contribution >= 0.6 is 0 Å². The van der Waals surface area contributed by atoms with E-state index in [1.165, 1.54) is 5.56 Å². The zero-order valence-corrected chi connectivity index (χ0v) is 11.1. The fourth-order valence-corrected chi connectivity index (χ4v) is 2.35. The number of aromatic nitrogens is 6. The van der Waals surface area contributed by atoms with E-state index in [9.17, 15) is 0 Å². The van der Waals surface area contributed by atoms with Crippen molar-refractivity contribution >= 4 is 16.7 Å². The average molecular weight is 264 g/mol. The van der Waals surface area contributed by atoms with Gasteiger partial charge in [-0.3, -0.25) is 4.68 Å². The van der Waals surface area contributed by atoms with E-state index >= 15 is 0 Å². The summed E-state index contributed by atoms with van der Waals surface area (Å²) in [6.45, 7) is 2.06. The molecule has 0 N–H and O–H groups in total. The number of rotatable bonds is 1. The second kappa shape index (κ2) is 3.86. The topological polar surface area (TPSA) is 60.9 Å². The zero-order valence-electron chi connectivity index (χ0n) is 11.1. The molecule has 0 atom stereocenters. The molecule has 0 amide bonds. The fraction of sp³-hybridized carbons (Fsp3) is 0.143. The number of aryl methyl sites for hydroxylation is 2. The van der Waals surface area contributed by atoms with Gasteiger partial charge >= 0.3 is 0 Å². The fourth-order valence-electron chi connectivity index (χ4n) is 2.35. The largest absolute Gasteiger partial charge is 0.250 e. The Balaban J connectivity index is 2.01. The lowest BCUT2D eigenvalue weighted by atomic mass is 10.1. The van der Waals surface area contributed by atoms with Gasteiger partial charge in [-0.2, -0.15) is 5.10 Å². The molecule has 0 spiro atoms. The third-order valence-corrected chi connectivity index (χ3v) is 3.35. The molecule has 0 aliphatic heterocycles. The summed E-state index contributed by atoms with van der Waals surface area (Å²) < 4.78 is 3.43. The smallest absolute Gasteiger partial charge is 0.182 e. The van der Waals surface area contributed by atoms with E-state index in [1.54, 1.807) is 21.7 Å². The number of hydrogen-bond donors (Lipinski definition) is 0. The van der Waals surface area contributed by atoms with Gasteiger partial charge in [0.15, 0.2) is 17.1 Å². The van der Waals surface area contributed by atoms with E-state index < -0.39 is 0 Å². The summed E-state index contributed by atoms with van der Waals surface area (Å²) in [4.78, 5) is 8.98. The molecule has 98 valence electrons. The number of benzene rings is 1. The Morgan fingerprint density at radius 2 is 2.05 bits per heavy atom. The number of fused-ring (bicyclic) bond motifs is 3. The Morgan fingerprint density at radius 3 is 2.90 bits per heavy atom. The van der Waals surface area contributed by atoms with Crippen molar-refractivity contribution in [2.75, 3.05) is 0 Å². The first-order valence-corrected chi connectivity index (χ1v) is 6.32. The molecule has 6 heteroatoms. The number of nitrogens with zero attached hydrogens (tertiary/aromatic N) is 6. The van der Waals surface area contributed by atoms with E-state index in [1.807, 2.05) is 19.2 Å². The number of hydrogen-bond acceptors (Lipinski definition) is 4. The van der Waals surface area contributed by atoms with Crippen LogP contribution in [0.2, 0.25) is 0 Å². The highest BCUT2D eigenvalue weighted by atomic mass is 15.3. The normalized spacial score (nSPS) is 11.5. The summed E-state index contributed by atoms with van der Waals surface area (Å²) in [5, 5.41) is 9.61. The quantitative estimate of drug-likeness (QED) is 0.527. The molecule has 0 bridgehead atoms. The molecular weight excluding hydrogens is 252 g/mol. The van der Waals surface area contributed by atoms with Crippen molar-refractivity contribution in [3.63, 3.8) is 0 Å². The second-order valence-electron chi connectivity index (χ2n) is 4.82. The van der Waals surface area contributed by atoms with Crippen LogP contribution in [0.25, 0.3) is 28.1 Å². The van der Waals surface area contributed by atoms with Crippen molar-refractivity contribution in [3.8, 4) is 11.4 Å². The highest BCUT2D eigenvalue weighted by Crippen LogP contribution is 2.21. The van der Waals surface area contributed by atoms with Crippen LogP contribution < -0.4 is 0 Å².